The summed E-state index contributed by atoms with van der Waals surface area (Å²) in [5.41, 5.74) is 0.695. The summed E-state index contributed by atoms with van der Waals surface area (Å²) in [4.78, 5) is 24.3. The van der Waals surface area contributed by atoms with E-state index < -0.39 is 0 Å². The number of rotatable bonds is 1. The molecule has 0 atom stereocenters. The number of nitrogens with one attached hydrogen (secondary N) is 1. The van der Waals surface area contributed by atoms with Crippen molar-refractivity contribution in [3.05, 3.63) is 16.3 Å². The average molecular weight is 217 g/mol. The second-order valence-corrected chi connectivity index (χ2v) is 2.92. The molecule has 5 nitrogen and oxygen atoms in total. The molecule has 0 saturated carbocycles. The minimum Gasteiger partial charge on any atom is -0.332 e. The number of hydrogen-bond acceptors (Lipinski definition) is 4. The first-order valence-electron chi connectivity index (χ1n) is 3.24. The van der Waals surface area contributed by atoms with Gasteiger partial charge < -0.3 is 4.98 Å². The Balaban J connectivity index is 2.82. The number of imidazole rings is 1. The minimum absolute atomic E-state index is 0.00134. The Morgan fingerprint density at radius 3 is 2.69 bits per heavy atom. The van der Waals surface area contributed by atoms with Crippen molar-refractivity contribution in [3.8, 4) is 0 Å². The standard InChI is InChI=1S/C6H2Cl2N4O/c7-4-3-5(12-6(8)11-4)10-2(1-13)9-3/h1H,(H,9,10,11,12). The summed E-state index contributed by atoms with van der Waals surface area (Å²) in [5.74, 6) is 0.147. The molecular weight excluding hydrogens is 215 g/mol. The molecular formula is C6H2Cl2N4O. The molecule has 66 valence electrons. The molecule has 0 spiro atoms. The van der Waals surface area contributed by atoms with Gasteiger partial charge in [-0.05, 0) is 11.6 Å². The molecule has 2 heterocycles. The van der Waals surface area contributed by atoms with Crippen LogP contribution in [0, 0.1) is 0 Å². The highest BCUT2D eigenvalue weighted by atomic mass is 35.5. The molecule has 0 aromatic carbocycles. The monoisotopic (exact) mass is 216 g/mol. The number of carbonyl (C=O) groups is 1. The van der Waals surface area contributed by atoms with Gasteiger partial charge in [-0.15, -0.1) is 0 Å². The van der Waals surface area contributed by atoms with Gasteiger partial charge in [-0.25, -0.2) is 9.97 Å². The molecule has 0 bridgehead atoms. The smallest absolute Gasteiger partial charge is 0.225 e. The van der Waals surface area contributed by atoms with Gasteiger partial charge >= 0.3 is 0 Å². The van der Waals surface area contributed by atoms with Crippen molar-refractivity contribution in [3.63, 3.8) is 0 Å². The van der Waals surface area contributed by atoms with Crippen LogP contribution in [0.3, 0.4) is 0 Å². The number of carbonyl (C=O) groups excluding carboxylic acids is 1. The number of halogens is 2. The van der Waals surface area contributed by atoms with Crippen molar-refractivity contribution in [2.24, 2.45) is 0 Å². The summed E-state index contributed by atoms with van der Waals surface area (Å²) in [6.07, 6.45) is 0.561. The van der Waals surface area contributed by atoms with E-state index in [-0.39, 0.29) is 21.9 Å². The zero-order valence-electron chi connectivity index (χ0n) is 6.08. The highest BCUT2D eigenvalue weighted by Gasteiger charge is 2.09. The SMILES string of the molecule is O=Cc1nc2nc(Cl)nc(Cl)c2[nH]1. The van der Waals surface area contributed by atoms with Crippen molar-refractivity contribution in [2.45, 2.75) is 0 Å². The maximum atomic E-state index is 10.4. The molecule has 7 heteroatoms. The van der Waals surface area contributed by atoms with Crippen LogP contribution in [0.2, 0.25) is 10.4 Å². The van der Waals surface area contributed by atoms with Crippen LogP contribution in [0.4, 0.5) is 0 Å². The molecule has 2 rings (SSSR count). The third-order valence-corrected chi connectivity index (χ3v) is 1.85. The number of aldehydes is 1. The largest absolute Gasteiger partial charge is 0.332 e. The Labute approximate surface area is 82.1 Å². The number of nitrogens with zero attached hydrogens (tertiary/aromatic N) is 3. The van der Waals surface area contributed by atoms with E-state index >= 15 is 0 Å². The van der Waals surface area contributed by atoms with Crippen molar-refractivity contribution in [1.29, 1.82) is 0 Å². The first-order valence-corrected chi connectivity index (χ1v) is 4.00. The van der Waals surface area contributed by atoms with Gasteiger partial charge in [0.15, 0.2) is 22.9 Å². The van der Waals surface area contributed by atoms with E-state index in [0.717, 1.165) is 0 Å². The van der Waals surface area contributed by atoms with E-state index in [4.69, 9.17) is 23.2 Å². The lowest BCUT2D eigenvalue weighted by Crippen LogP contribution is -1.84. The zero-order valence-corrected chi connectivity index (χ0v) is 7.60. The molecule has 0 aliphatic carbocycles. The molecule has 13 heavy (non-hydrogen) atoms. The summed E-state index contributed by atoms with van der Waals surface area (Å²) < 4.78 is 0. The Morgan fingerprint density at radius 1 is 1.23 bits per heavy atom. The maximum absolute atomic E-state index is 10.4. The Bertz CT molecular complexity index is 481. The van der Waals surface area contributed by atoms with Gasteiger partial charge in [0, 0.05) is 0 Å². The predicted octanol–water partition coefficient (Wildman–Crippen LogP) is 1.47. The van der Waals surface area contributed by atoms with Crippen LogP contribution in [-0.2, 0) is 0 Å². The summed E-state index contributed by atoms with van der Waals surface area (Å²) in [5, 5.41) is 0.150. The molecule has 0 fully saturated rings. The third kappa shape index (κ3) is 1.36. The molecule has 2 aromatic rings. The van der Waals surface area contributed by atoms with Crippen LogP contribution < -0.4 is 0 Å². The van der Waals surface area contributed by atoms with Gasteiger partial charge in [0.25, 0.3) is 0 Å². The van der Waals surface area contributed by atoms with Gasteiger partial charge in [-0.3, -0.25) is 4.79 Å². The fraction of sp³-hybridized carbons (Fsp3) is 0. The van der Waals surface area contributed by atoms with E-state index in [0.29, 0.717) is 11.8 Å². The molecule has 1 N–H and O–H groups in total. The Kier molecular flexibility index (Phi) is 1.90. The van der Waals surface area contributed by atoms with E-state index in [1.165, 1.54) is 0 Å². The Morgan fingerprint density at radius 2 is 2.00 bits per heavy atom. The fourth-order valence-electron chi connectivity index (χ4n) is 0.912. The normalized spacial score (nSPS) is 10.6. The summed E-state index contributed by atoms with van der Waals surface area (Å²) >= 11 is 11.2. The minimum atomic E-state index is 0.00134. The lowest BCUT2D eigenvalue weighted by molar-refractivity contribution is 0.111. The summed E-state index contributed by atoms with van der Waals surface area (Å²) in [7, 11) is 0. The lowest BCUT2D eigenvalue weighted by atomic mass is 10.6. The van der Waals surface area contributed by atoms with Gasteiger partial charge in [-0.1, -0.05) is 11.6 Å². The quantitative estimate of drug-likeness (QED) is 0.446. The molecule has 0 saturated heterocycles. The summed E-state index contributed by atoms with van der Waals surface area (Å²) in [6, 6.07) is 0. The number of aromatic amines is 1. The van der Waals surface area contributed by atoms with Crippen LogP contribution in [0.15, 0.2) is 0 Å². The van der Waals surface area contributed by atoms with Crippen molar-refractivity contribution in [2.75, 3.05) is 0 Å². The average Bonchev–Trinajstić information content (AvgIpc) is 2.47. The topological polar surface area (TPSA) is 71.5 Å². The van der Waals surface area contributed by atoms with Crippen molar-refractivity contribution < 1.29 is 4.79 Å². The van der Waals surface area contributed by atoms with E-state index in [9.17, 15) is 4.79 Å². The molecule has 0 amide bonds. The van der Waals surface area contributed by atoms with Gasteiger partial charge in [0.2, 0.25) is 5.28 Å². The second-order valence-electron chi connectivity index (χ2n) is 2.22. The zero-order chi connectivity index (χ0) is 9.42. The van der Waals surface area contributed by atoms with Crippen molar-refractivity contribution >= 4 is 40.7 Å². The predicted molar refractivity (Wildman–Crippen MR) is 47.1 cm³/mol. The maximum Gasteiger partial charge on any atom is 0.225 e. The van der Waals surface area contributed by atoms with Crippen LogP contribution in [0.5, 0.6) is 0 Å². The van der Waals surface area contributed by atoms with Gasteiger partial charge in [0.05, 0.1) is 0 Å². The Hall–Kier alpha value is -1.20. The van der Waals surface area contributed by atoms with Gasteiger partial charge in [0.1, 0.15) is 5.52 Å². The lowest BCUT2D eigenvalue weighted by Gasteiger charge is -1.90. The number of H-pyrrole nitrogens is 1. The van der Waals surface area contributed by atoms with Gasteiger partial charge in [-0.2, -0.15) is 4.98 Å². The molecule has 2 aromatic heterocycles. The van der Waals surface area contributed by atoms with E-state index in [2.05, 4.69) is 19.9 Å². The first kappa shape index (κ1) is 8.40. The van der Waals surface area contributed by atoms with Crippen LogP contribution >= 0.6 is 23.2 Å². The fourth-order valence-corrected chi connectivity index (χ4v) is 1.33. The third-order valence-electron chi connectivity index (χ3n) is 1.41. The summed E-state index contributed by atoms with van der Waals surface area (Å²) in [6.45, 7) is 0. The highest BCUT2D eigenvalue weighted by Crippen LogP contribution is 2.19. The van der Waals surface area contributed by atoms with Crippen LogP contribution in [-0.4, -0.2) is 26.2 Å². The molecule has 0 aliphatic rings. The second kappa shape index (κ2) is 2.93. The van der Waals surface area contributed by atoms with E-state index in [1.807, 2.05) is 0 Å². The number of fused-ring (bicyclic) bond motifs is 1. The molecule has 0 aliphatic heterocycles. The number of hydrogen-bond donors (Lipinski definition) is 1. The van der Waals surface area contributed by atoms with Crippen molar-refractivity contribution in [1.82, 2.24) is 19.9 Å². The molecule has 0 unspecified atom stereocenters. The van der Waals surface area contributed by atoms with E-state index in [1.54, 1.807) is 0 Å². The first-order chi connectivity index (χ1) is 6.20. The highest BCUT2D eigenvalue weighted by molar-refractivity contribution is 6.35. The van der Waals surface area contributed by atoms with Crippen LogP contribution in [0.1, 0.15) is 10.6 Å². The van der Waals surface area contributed by atoms with Crippen LogP contribution in [0.25, 0.3) is 11.2 Å². The number of aromatic nitrogens is 4. The molecule has 0 radical (unpaired) electrons.